The Morgan fingerprint density at radius 2 is 1.61 bits per heavy atom. The predicted molar refractivity (Wildman–Crippen MR) is 127 cm³/mol. The number of benzene rings is 2. The Balaban J connectivity index is 1.69. The molecule has 1 heterocycles. The van der Waals surface area contributed by atoms with Crippen LogP contribution in [0.25, 0.3) is 0 Å². The molecule has 3 aromatic rings. The van der Waals surface area contributed by atoms with E-state index in [1.807, 2.05) is 6.92 Å². The van der Waals surface area contributed by atoms with Crippen LogP contribution in [0.1, 0.15) is 6.92 Å². The fraction of sp³-hybridized carbons (Fsp3) is 0.318. The molecule has 0 spiro atoms. The molecule has 1 N–H and O–H groups in total. The summed E-state index contributed by atoms with van der Waals surface area (Å²) < 4.78 is 39.0. The number of aliphatic hydroxyl groups excluding tert-OH is 1. The average Bonchev–Trinajstić information content (AvgIpc) is 3.30. The Morgan fingerprint density at radius 1 is 1.03 bits per heavy atom. The van der Waals surface area contributed by atoms with Crippen LogP contribution >= 0.6 is 34.8 Å². The zero-order valence-corrected chi connectivity index (χ0v) is 20.8. The molecule has 33 heavy (non-hydrogen) atoms. The third kappa shape index (κ3) is 6.77. The summed E-state index contributed by atoms with van der Waals surface area (Å²) in [5.41, 5.74) is 0. The number of hydrogen-bond acceptors (Lipinski definition) is 6. The van der Waals surface area contributed by atoms with Gasteiger partial charge in [0.2, 0.25) is 9.84 Å². The molecular formula is C22H23Cl3N2O5S. The van der Waals surface area contributed by atoms with E-state index in [1.54, 1.807) is 23.3 Å². The third-order valence-corrected chi connectivity index (χ3v) is 7.49. The van der Waals surface area contributed by atoms with Gasteiger partial charge in [-0.05, 0) is 36.4 Å². The second-order valence-corrected chi connectivity index (χ2v) is 10.6. The molecule has 2 aromatic carbocycles. The van der Waals surface area contributed by atoms with Gasteiger partial charge in [0.05, 0.1) is 39.3 Å². The lowest BCUT2D eigenvalue weighted by Gasteiger charge is -2.15. The van der Waals surface area contributed by atoms with E-state index in [-0.39, 0.29) is 38.1 Å². The third-order valence-electron chi connectivity index (χ3n) is 4.63. The van der Waals surface area contributed by atoms with Crippen molar-refractivity contribution in [2.24, 2.45) is 5.92 Å². The number of nitrogens with zero attached hydrogens (tertiary/aromatic N) is 2. The topological polar surface area (TPSA) is 90.7 Å². The molecule has 2 atom stereocenters. The minimum atomic E-state index is -3.88. The summed E-state index contributed by atoms with van der Waals surface area (Å²) in [5, 5.41) is 10.4. The number of imidazole rings is 1. The molecule has 2 unspecified atom stereocenters. The van der Waals surface area contributed by atoms with Crippen LogP contribution in [-0.4, -0.2) is 48.3 Å². The summed E-state index contributed by atoms with van der Waals surface area (Å²) in [7, 11) is -3.88. The van der Waals surface area contributed by atoms with Gasteiger partial charge in [0, 0.05) is 24.2 Å². The first-order valence-corrected chi connectivity index (χ1v) is 12.8. The largest absolute Gasteiger partial charge is 0.492 e. The lowest BCUT2D eigenvalue weighted by molar-refractivity contribution is 0.0925. The molecule has 0 aliphatic carbocycles. The van der Waals surface area contributed by atoms with Gasteiger partial charge >= 0.3 is 0 Å². The summed E-state index contributed by atoms with van der Waals surface area (Å²) >= 11 is 18.2. The summed E-state index contributed by atoms with van der Waals surface area (Å²) in [6, 6.07) is 8.41. The average molecular weight is 534 g/mol. The van der Waals surface area contributed by atoms with E-state index in [9.17, 15) is 13.5 Å². The van der Waals surface area contributed by atoms with Crippen molar-refractivity contribution >= 4 is 44.6 Å². The molecule has 0 saturated heterocycles. The highest BCUT2D eigenvalue weighted by Crippen LogP contribution is 2.33. The van der Waals surface area contributed by atoms with Crippen molar-refractivity contribution in [1.29, 1.82) is 0 Å². The van der Waals surface area contributed by atoms with E-state index < -0.39 is 15.9 Å². The Kier molecular flexibility index (Phi) is 8.89. The minimum absolute atomic E-state index is 0.00531. The fourth-order valence-electron chi connectivity index (χ4n) is 2.82. The Hall–Kier alpha value is -1.97. The van der Waals surface area contributed by atoms with Crippen LogP contribution in [-0.2, 0) is 16.4 Å². The summed E-state index contributed by atoms with van der Waals surface area (Å²) in [4.78, 5) is 3.90. The number of ether oxygens (including phenoxy) is 2. The maximum atomic E-state index is 13.1. The SMILES string of the molecule is CC(CCl)COc1ccc(S(=O)(=O)c2ccc(OCC(O)Cn3ccnc3)c(Cl)c2)cc1Cl. The van der Waals surface area contributed by atoms with E-state index in [1.165, 1.54) is 36.4 Å². The first kappa shape index (κ1) is 25.6. The molecule has 1 aromatic heterocycles. The predicted octanol–water partition coefficient (Wildman–Crippen LogP) is 4.72. The lowest BCUT2D eigenvalue weighted by atomic mass is 10.2. The molecule has 0 radical (unpaired) electrons. The van der Waals surface area contributed by atoms with Crippen LogP contribution < -0.4 is 9.47 Å². The standard InChI is InChI=1S/C22H23Cl3N2O5S/c1-15(10-23)12-31-21-4-2-17(8-19(21)24)33(29,30)18-3-5-22(20(25)9-18)32-13-16(28)11-27-7-6-26-14-27/h2-9,14-16,28H,10-13H2,1H3. The molecule has 0 aliphatic rings. The number of rotatable bonds is 11. The highest BCUT2D eigenvalue weighted by molar-refractivity contribution is 7.91. The number of aliphatic hydroxyl groups is 1. The van der Waals surface area contributed by atoms with E-state index in [0.29, 0.717) is 24.8 Å². The normalized spacial score (nSPS) is 13.5. The van der Waals surface area contributed by atoms with Crippen LogP contribution in [0.4, 0.5) is 0 Å². The molecule has 3 rings (SSSR count). The van der Waals surface area contributed by atoms with Crippen molar-refractivity contribution in [2.45, 2.75) is 29.4 Å². The Morgan fingerprint density at radius 3 is 2.09 bits per heavy atom. The van der Waals surface area contributed by atoms with Gasteiger partial charge in [-0.2, -0.15) is 0 Å². The van der Waals surface area contributed by atoms with Gasteiger partial charge in [-0.1, -0.05) is 30.1 Å². The van der Waals surface area contributed by atoms with Crippen LogP contribution in [0.3, 0.4) is 0 Å². The minimum Gasteiger partial charge on any atom is -0.492 e. The number of hydrogen-bond donors (Lipinski definition) is 1. The van der Waals surface area contributed by atoms with Gasteiger partial charge in [0.25, 0.3) is 0 Å². The zero-order chi connectivity index (χ0) is 24.0. The number of halogens is 3. The molecule has 11 heteroatoms. The second-order valence-electron chi connectivity index (χ2n) is 7.48. The zero-order valence-electron chi connectivity index (χ0n) is 17.7. The van der Waals surface area contributed by atoms with Gasteiger partial charge < -0.3 is 19.1 Å². The lowest BCUT2D eigenvalue weighted by Crippen LogP contribution is -2.23. The van der Waals surface area contributed by atoms with Crippen LogP contribution in [0.5, 0.6) is 11.5 Å². The second kappa shape index (κ2) is 11.4. The van der Waals surface area contributed by atoms with Gasteiger partial charge in [0.1, 0.15) is 24.2 Å². The van der Waals surface area contributed by atoms with Gasteiger partial charge in [0.15, 0.2) is 0 Å². The molecule has 178 valence electrons. The molecular weight excluding hydrogens is 511 g/mol. The smallest absolute Gasteiger partial charge is 0.206 e. The van der Waals surface area contributed by atoms with E-state index in [0.717, 1.165) is 0 Å². The van der Waals surface area contributed by atoms with Crippen LogP contribution in [0.2, 0.25) is 10.0 Å². The summed E-state index contributed by atoms with van der Waals surface area (Å²) in [6.07, 6.45) is 4.12. The molecule has 7 nitrogen and oxygen atoms in total. The molecule has 0 saturated carbocycles. The van der Waals surface area contributed by atoms with Crippen molar-refractivity contribution in [3.63, 3.8) is 0 Å². The fourth-order valence-corrected chi connectivity index (χ4v) is 4.82. The van der Waals surface area contributed by atoms with Gasteiger partial charge in [-0.25, -0.2) is 13.4 Å². The first-order valence-electron chi connectivity index (χ1n) is 10.00. The molecule has 0 bridgehead atoms. The van der Waals surface area contributed by atoms with Crippen molar-refractivity contribution in [3.8, 4) is 11.5 Å². The molecule has 0 amide bonds. The Bertz CT molecular complexity index is 1170. The number of aromatic nitrogens is 2. The first-order chi connectivity index (χ1) is 15.7. The van der Waals surface area contributed by atoms with E-state index in [2.05, 4.69) is 4.98 Å². The van der Waals surface area contributed by atoms with Crippen molar-refractivity contribution in [2.75, 3.05) is 19.1 Å². The summed E-state index contributed by atoms with van der Waals surface area (Å²) in [5.74, 6) is 1.20. The number of alkyl halides is 1. The van der Waals surface area contributed by atoms with Crippen molar-refractivity contribution in [3.05, 3.63) is 65.2 Å². The highest BCUT2D eigenvalue weighted by Gasteiger charge is 2.21. The van der Waals surface area contributed by atoms with Gasteiger partial charge in [-0.3, -0.25) is 0 Å². The highest BCUT2D eigenvalue weighted by atomic mass is 35.5. The quantitative estimate of drug-likeness (QED) is 0.359. The van der Waals surface area contributed by atoms with Crippen LogP contribution in [0.15, 0.2) is 64.9 Å². The van der Waals surface area contributed by atoms with E-state index >= 15 is 0 Å². The van der Waals surface area contributed by atoms with Crippen molar-refractivity contribution in [1.82, 2.24) is 9.55 Å². The van der Waals surface area contributed by atoms with E-state index in [4.69, 9.17) is 44.3 Å². The van der Waals surface area contributed by atoms with Crippen LogP contribution in [0, 0.1) is 5.92 Å². The molecule has 0 fully saturated rings. The number of sulfone groups is 1. The summed E-state index contributed by atoms with van der Waals surface area (Å²) in [6.45, 7) is 2.57. The van der Waals surface area contributed by atoms with Gasteiger partial charge in [-0.15, -0.1) is 11.6 Å². The molecule has 0 aliphatic heterocycles. The Labute approximate surface area is 207 Å². The monoisotopic (exact) mass is 532 g/mol. The maximum absolute atomic E-state index is 13.1. The van der Waals surface area contributed by atoms with Crippen molar-refractivity contribution < 1.29 is 23.0 Å². The maximum Gasteiger partial charge on any atom is 0.206 e.